The Hall–Kier alpha value is -1.82. The highest BCUT2D eigenvalue weighted by atomic mass is 15.0. The van der Waals surface area contributed by atoms with E-state index in [2.05, 4.69) is 10.3 Å². The summed E-state index contributed by atoms with van der Waals surface area (Å²) in [4.78, 5) is 4.44. The summed E-state index contributed by atoms with van der Waals surface area (Å²) in [6, 6.07) is 10.00. The number of nitrogens with one attached hydrogen (secondary N) is 1. The van der Waals surface area contributed by atoms with Gasteiger partial charge in [-0.25, -0.2) is 0 Å². The third-order valence-corrected chi connectivity index (χ3v) is 2.15. The summed E-state index contributed by atoms with van der Waals surface area (Å²) in [6.07, 6.45) is 1.93. The molecule has 0 aliphatic heterocycles. The van der Waals surface area contributed by atoms with Crippen molar-refractivity contribution in [3.05, 3.63) is 35.9 Å². The smallest absolute Gasteiger partial charge is 0.182 e. The zero-order chi connectivity index (χ0) is 12.0. The van der Waals surface area contributed by atoms with Crippen LogP contribution in [0.1, 0.15) is 26.3 Å². The monoisotopic (exact) mass is 215 g/mol. The number of hydrogen-bond donors (Lipinski definition) is 1. The van der Waals surface area contributed by atoms with E-state index in [0.717, 1.165) is 11.4 Å². The van der Waals surface area contributed by atoms with Gasteiger partial charge in [-0.05, 0) is 5.56 Å². The Labute approximate surface area is 96.8 Å². The molecule has 0 saturated heterocycles. The molecular formula is C13H17N3. The number of hydrogen-bond acceptors (Lipinski definition) is 2. The average molecular weight is 215 g/mol. The number of aliphatic imine (C=N–C) groups is 1. The summed E-state index contributed by atoms with van der Waals surface area (Å²) < 4.78 is 0. The molecule has 0 radical (unpaired) electrons. The summed E-state index contributed by atoms with van der Waals surface area (Å²) in [5, 5.41) is 11.3. The van der Waals surface area contributed by atoms with E-state index in [-0.39, 0.29) is 5.41 Å². The molecule has 0 aliphatic rings. The van der Waals surface area contributed by atoms with Crippen molar-refractivity contribution < 1.29 is 0 Å². The average Bonchev–Trinajstić information content (AvgIpc) is 2.24. The van der Waals surface area contributed by atoms with Crippen molar-refractivity contribution in [2.75, 3.05) is 0 Å². The Morgan fingerprint density at radius 3 is 2.44 bits per heavy atom. The van der Waals surface area contributed by atoms with Crippen LogP contribution >= 0.6 is 0 Å². The molecule has 0 atom stereocenters. The first-order chi connectivity index (χ1) is 7.54. The van der Waals surface area contributed by atoms with Gasteiger partial charge in [0.25, 0.3) is 0 Å². The summed E-state index contributed by atoms with van der Waals surface area (Å²) in [5.41, 5.74) is 1.01. The molecule has 1 aromatic carbocycles. The van der Waals surface area contributed by atoms with E-state index in [1.165, 1.54) is 0 Å². The highest BCUT2D eigenvalue weighted by Gasteiger charge is 2.18. The largest absolute Gasteiger partial charge is 0.280 e. The number of benzene rings is 1. The van der Waals surface area contributed by atoms with Gasteiger partial charge in [-0.2, -0.15) is 5.26 Å². The molecule has 0 aliphatic carbocycles. The second kappa shape index (κ2) is 5.32. The lowest BCUT2D eigenvalue weighted by Crippen LogP contribution is -2.32. The molecule has 1 aromatic rings. The fourth-order valence-corrected chi connectivity index (χ4v) is 1.27. The van der Waals surface area contributed by atoms with Crippen LogP contribution in [-0.4, -0.2) is 5.84 Å². The maximum Gasteiger partial charge on any atom is 0.182 e. The van der Waals surface area contributed by atoms with E-state index in [1.807, 2.05) is 57.3 Å². The van der Waals surface area contributed by atoms with Gasteiger partial charge in [-0.3, -0.25) is 10.3 Å². The SMILES string of the molecule is CC(C)(C)C(=NCc1ccccc1)NC#N. The highest BCUT2D eigenvalue weighted by molar-refractivity contribution is 5.88. The number of nitrogens with zero attached hydrogens (tertiary/aromatic N) is 2. The lowest BCUT2D eigenvalue weighted by molar-refractivity contribution is 0.572. The molecule has 3 nitrogen and oxygen atoms in total. The predicted molar refractivity (Wildman–Crippen MR) is 65.8 cm³/mol. The van der Waals surface area contributed by atoms with Gasteiger partial charge in [0, 0.05) is 5.41 Å². The van der Waals surface area contributed by atoms with E-state index < -0.39 is 0 Å². The zero-order valence-corrected chi connectivity index (χ0v) is 9.99. The Morgan fingerprint density at radius 2 is 1.94 bits per heavy atom. The van der Waals surface area contributed by atoms with Crippen LogP contribution in [0, 0.1) is 16.9 Å². The third-order valence-electron chi connectivity index (χ3n) is 2.15. The maximum absolute atomic E-state index is 8.66. The molecule has 84 valence electrons. The fourth-order valence-electron chi connectivity index (χ4n) is 1.27. The number of rotatable bonds is 2. The van der Waals surface area contributed by atoms with Crippen molar-refractivity contribution in [3.8, 4) is 6.19 Å². The van der Waals surface area contributed by atoms with Crippen LogP contribution in [0.4, 0.5) is 0 Å². The van der Waals surface area contributed by atoms with Crippen molar-refractivity contribution in [1.82, 2.24) is 5.32 Å². The van der Waals surface area contributed by atoms with Gasteiger partial charge in [0.1, 0.15) is 5.84 Å². The maximum atomic E-state index is 8.66. The van der Waals surface area contributed by atoms with Gasteiger partial charge in [0.2, 0.25) is 0 Å². The van der Waals surface area contributed by atoms with Gasteiger partial charge in [0.05, 0.1) is 6.54 Å². The minimum absolute atomic E-state index is 0.134. The molecule has 0 aromatic heterocycles. The van der Waals surface area contributed by atoms with E-state index in [9.17, 15) is 0 Å². The Bertz CT molecular complexity index is 393. The topological polar surface area (TPSA) is 48.2 Å². The van der Waals surface area contributed by atoms with Crippen LogP contribution in [0.3, 0.4) is 0 Å². The van der Waals surface area contributed by atoms with Crippen molar-refractivity contribution in [3.63, 3.8) is 0 Å². The fraction of sp³-hybridized carbons (Fsp3) is 0.385. The summed E-state index contributed by atoms with van der Waals surface area (Å²) >= 11 is 0. The summed E-state index contributed by atoms with van der Waals surface area (Å²) in [7, 11) is 0. The van der Waals surface area contributed by atoms with Gasteiger partial charge in [0.15, 0.2) is 6.19 Å². The quantitative estimate of drug-likeness (QED) is 0.357. The lowest BCUT2D eigenvalue weighted by atomic mass is 9.95. The lowest BCUT2D eigenvalue weighted by Gasteiger charge is -2.19. The van der Waals surface area contributed by atoms with Gasteiger partial charge in [-0.15, -0.1) is 0 Å². The molecule has 0 spiro atoms. The zero-order valence-electron chi connectivity index (χ0n) is 9.99. The molecular weight excluding hydrogens is 198 g/mol. The van der Waals surface area contributed by atoms with Crippen LogP contribution in [-0.2, 0) is 6.54 Å². The minimum Gasteiger partial charge on any atom is -0.280 e. The molecule has 1 N–H and O–H groups in total. The molecule has 0 amide bonds. The standard InChI is InChI=1S/C13H17N3/c1-13(2,3)12(16-10-14)15-9-11-7-5-4-6-8-11/h4-8H,9H2,1-3H3,(H,15,16). The van der Waals surface area contributed by atoms with Crippen molar-refractivity contribution in [1.29, 1.82) is 5.26 Å². The highest BCUT2D eigenvalue weighted by Crippen LogP contribution is 2.15. The van der Waals surface area contributed by atoms with Crippen LogP contribution < -0.4 is 5.32 Å². The third kappa shape index (κ3) is 3.74. The normalized spacial score (nSPS) is 12.0. The molecule has 0 fully saturated rings. The Balaban J connectivity index is 2.78. The van der Waals surface area contributed by atoms with Crippen LogP contribution in [0.15, 0.2) is 35.3 Å². The van der Waals surface area contributed by atoms with E-state index >= 15 is 0 Å². The molecule has 1 rings (SSSR count). The number of nitriles is 1. The first kappa shape index (κ1) is 12.3. The van der Waals surface area contributed by atoms with Crippen molar-refractivity contribution in [2.45, 2.75) is 27.3 Å². The van der Waals surface area contributed by atoms with E-state index in [1.54, 1.807) is 0 Å². The second-order valence-electron chi connectivity index (χ2n) is 4.64. The molecule has 0 unspecified atom stereocenters. The van der Waals surface area contributed by atoms with E-state index in [0.29, 0.717) is 6.54 Å². The summed E-state index contributed by atoms with van der Waals surface area (Å²) in [6.45, 7) is 6.69. The Morgan fingerprint density at radius 1 is 1.31 bits per heavy atom. The van der Waals surface area contributed by atoms with E-state index in [4.69, 9.17) is 5.26 Å². The molecule has 16 heavy (non-hydrogen) atoms. The van der Waals surface area contributed by atoms with Crippen molar-refractivity contribution in [2.24, 2.45) is 10.4 Å². The summed E-state index contributed by atoms with van der Waals surface area (Å²) in [5.74, 6) is 0.721. The van der Waals surface area contributed by atoms with Crippen LogP contribution in [0.25, 0.3) is 0 Å². The molecule has 3 heteroatoms. The molecule has 0 saturated carbocycles. The van der Waals surface area contributed by atoms with Gasteiger partial charge < -0.3 is 0 Å². The number of amidine groups is 1. The van der Waals surface area contributed by atoms with Gasteiger partial charge in [-0.1, -0.05) is 51.1 Å². The second-order valence-corrected chi connectivity index (χ2v) is 4.64. The van der Waals surface area contributed by atoms with Gasteiger partial charge >= 0.3 is 0 Å². The first-order valence-electron chi connectivity index (χ1n) is 5.28. The van der Waals surface area contributed by atoms with Crippen molar-refractivity contribution >= 4 is 5.84 Å². The Kier molecular flexibility index (Phi) is 4.07. The van der Waals surface area contributed by atoms with Crippen LogP contribution in [0.5, 0.6) is 0 Å². The molecule has 0 bridgehead atoms. The predicted octanol–water partition coefficient (Wildman–Crippen LogP) is 2.70. The van der Waals surface area contributed by atoms with Crippen LogP contribution in [0.2, 0.25) is 0 Å². The first-order valence-corrected chi connectivity index (χ1v) is 5.28. The minimum atomic E-state index is -0.134. The molecule has 0 heterocycles.